The van der Waals surface area contributed by atoms with Gasteiger partial charge in [0, 0.05) is 10.4 Å². The summed E-state index contributed by atoms with van der Waals surface area (Å²) in [4.78, 5) is 0. The Hall–Kier alpha value is -0.630. The fourth-order valence-electron chi connectivity index (χ4n) is 1.16. The number of hydrogen-bond acceptors (Lipinski definition) is 2. The lowest BCUT2D eigenvalue weighted by Gasteiger charge is -2.17. The van der Waals surface area contributed by atoms with Crippen LogP contribution in [0.1, 0.15) is 26.3 Å². The second-order valence-corrected chi connectivity index (χ2v) is 6.37. The molecule has 0 aromatic heterocycles. The Morgan fingerprint density at radius 1 is 1.14 bits per heavy atom. The quantitative estimate of drug-likeness (QED) is 0.773. The van der Waals surface area contributed by atoms with E-state index in [1.54, 1.807) is 0 Å². The summed E-state index contributed by atoms with van der Waals surface area (Å²) in [5.41, 5.74) is 7.84. The van der Waals surface area contributed by atoms with Crippen molar-refractivity contribution in [3.8, 4) is 0 Å². The molecule has 0 aliphatic rings. The molecular weight excluding hydrogens is 190 g/mol. The molecule has 2 heteroatoms. The van der Waals surface area contributed by atoms with E-state index < -0.39 is 0 Å². The minimum absolute atomic E-state index is 0.369. The van der Waals surface area contributed by atoms with Crippen LogP contribution in [0.5, 0.6) is 0 Å². The highest BCUT2D eigenvalue weighted by Gasteiger charge is 2.09. The first-order chi connectivity index (χ1) is 6.47. The Balaban J connectivity index is 2.35. The molecule has 0 bridgehead atoms. The van der Waals surface area contributed by atoms with Crippen molar-refractivity contribution in [1.29, 1.82) is 0 Å². The average molecular weight is 209 g/mol. The molecule has 2 N–H and O–H groups in total. The summed E-state index contributed by atoms with van der Waals surface area (Å²) in [6, 6.07) is 8.16. The van der Waals surface area contributed by atoms with E-state index in [-0.39, 0.29) is 0 Å². The van der Waals surface area contributed by atoms with Gasteiger partial charge in [-0.15, -0.1) is 0 Å². The zero-order chi connectivity index (χ0) is 10.6. The number of aryl methyl sites for hydroxylation is 1. The molecule has 0 spiro atoms. The van der Waals surface area contributed by atoms with E-state index in [0.29, 0.717) is 4.75 Å². The van der Waals surface area contributed by atoms with Crippen molar-refractivity contribution in [2.45, 2.75) is 31.9 Å². The zero-order valence-electron chi connectivity index (χ0n) is 9.21. The highest BCUT2D eigenvalue weighted by atomic mass is 32.2. The normalized spacial score (nSPS) is 11.6. The maximum absolute atomic E-state index is 5.62. The summed E-state index contributed by atoms with van der Waals surface area (Å²) < 4.78 is 0.369. The first-order valence-corrected chi connectivity index (χ1v) is 5.94. The van der Waals surface area contributed by atoms with Gasteiger partial charge < -0.3 is 5.73 Å². The third-order valence-electron chi connectivity index (χ3n) is 1.91. The summed E-state index contributed by atoms with van der Waals surface area (Å²) >= 11 is 2.00. The molecule has 1 aromatic rings. The molecule has 0 radical (unpaired) electrons. The van der Waals surface area contributed by atoms with Crippen LogP contribution in [-0.2, 0) is 6.42 Å². The minimum atomic E-state index is 0.369. The molecule has 0 saturated carbocycles. The molecule has 14 heavy (non-hydrogen) atoms. The fraction of sp³-hybridized carbons (Fsp3) is 0.500. The molecule has 0 fully saturated rings. The van der Waals surface area contributed by atoms with Crippen LogP contribution in [0.25, 0.3) is 0 Å². The number of rotatable bonds is 3. The number of hydrogen-bond donors (Lipinski definition) is 1. The number of nitrogen functional groups attached to an aromatic ring is 1. The van der Waals surface area contributed by atoms with Crippen LogP contribution in [0.3, 0.4) is 0 Å². The first-order valence-electron chi connectivity index (χ1n) is 4.96. The van der Waals surface area contributed by atoms with Crippen LogP contribution in [0.2, 0.25) is 0 Å². The lowest BCUT2D eigenvalue weighted by atomic mass is 10.2. The van der Waals surface area contributed by atoms with Crippen LogP contribution in [0.4, 0.5) is 5.69 Å². The molecule has 78 valence electrons. The van der Waals surface area contributed by atoms with Crippen molar-refractivity contribution in [2.75, 3.05) is 11.5 Å². The topological polar surface area (TPSA) is 26.0 Å². The number of thioether (sulfide) groups is 1. The van der Waals surface area contributed by atoms with Gasteiger partial charge in [-0.05, 0) is 29.9 Å². The van der Waals surface area contributed by atoms with E-state index in [1.807, 2.05) is 23.9 Å². The lowest BCUT2D eigenvalue weighted by molar-refractivity contribution is 0.801. The van der Waals surface area contributed by atoms with Gasteiger partial charge in [-0.1, -0.05) is 32.9 Å². The molecule has 0 atom stereocenters. The van der Waals surface area contributed by atoms with Gasteiger partial charge in [0.25, 0.3) is 0 Å². The molecule has 0 aliphatic heterocycles. The summed E-state index contributed by atoms with van der Waals surface area (Å²) in [6.45, 7) is 6.75. The third kappa shape index (κ3) is 4.56. The molecule has 0 saturated heterocycles. The molecule has 1 nitrogen and oxygen atoms in total. The van der Waals surface area contributed by atoms with E-state index in [9.17, 15) is 0 Å². The molecule has 0 amide bonds. The van der Waals surface area contributed by atoms with Gasteiger partial charge in [-0.25, -0.2) is 0 Å². The fourth-order valence-corrected chi connectivity index (χ4v) is 2.11. The number of benzene rings is 1. The predicted molar refractivity (Wildman–Crippen MR) is 66.8 cm³/mol. The van der Waals surface area contributed by atoms with E-state index >= 15 is 0 Å². The molecule has 0 unspecified atom stereocenters. The van der Waals surface area contributed by atoms with Crippen LogP contribution in [-0.4, -0.2) is 10.5 Å². The van der Waals surface area contributed by atoms with Gasteiger partial charge in [0.2, 0.25) is 0 Å². The van der Waals surface area contributed by atoms with E-state index in [1.165, 1.54) is 11.3 Å². The molecular formula is C12H19NS. The second kappa shape index (κ2) is 4.74. The van der Waals surface area contributed by atoms with Crippen LogP contribution in [0, 0.1) is 0 Å². The van der Waals surface area contributed by atoms with Gasteiger partial charge >= 0.3 is 0 Å². The number of anilines is 1. The van der Waals surface area contributed by atoms with Crippen molar-refractivity contribution < 1.29 is 0 Å². The molecule has 0 aliphatic carbocycles. The summed E-state index contributed by atoms with van der Waals surface area (Å²) in [5, 5.41) is 0. The van der Waals surface area contributed by atoms with E-state index in [4.69, 9.17) is 5.73 Å². The summed E-state index contributed by atoms with van der Waals surface area (Å²) in [6.07, 6.45) is 1.13. The summed E-state index contributed by atoms with van der Waals surface area (Å²) in [5.74, 6) is 1.17. The standard InChI is InChI=1S/C12H19NS/c1-12(2,3)14-9-8-10-4-6-11(13)7-5-10/h4-7H,8-9,13H2,1-3H3. The predicted octanol–water partition coefficient (Wildman–Crippen LogP) is 3.34. The van der Waals surface area contributed by atoms with Crippen LogP contribution >= 0.6 is 11.8 Å². The average Bonchev–Trinajstić information content (AvgIpc) is 2.06. The third-order valence-corrected chi connectivity index (χ3v) is 3.18. The summed E-state index contributed by atoms with van der Waals surface area (Å²) in [7, 11) is 0. The van der Waals surface area contributed by atoms with E-state index in [0.717, 1.165) is 12.1 Å². The van der Waals surface area contributed by atoms with Gasteiger partial charge in [0.1, 0.15) is 0 Å². The first kappa shape index (κ1) is 11.4. The Kier molecular flexibility index (Phi) is 3.87. The van der Waals surface area contributed by atoms with E-state index in [2.05, 4.69) is 32.9 Å². The highest BCUT2D eigenvalue weighted by molar-refractivity contribution is 8.00. The highest BCUT2D eigenvalue weighted by Crippen LogP contribution is 2.23. The lowest BCUT2D eigenvalue weighted by Crippen LogP contribution is -2.09. The molecule has 1 aromatic carbocycles. The van der Waals surface area contributed by atoms with Crippen molar-refractivity contribution in [3.63, 3.8) is 0 Å². The molecule has 0 heterocycles. The zero-order valence-corrected chi connectivity index (χ0v) is 10.0. The van der Waals surface area contributed by atoms with Gasteiger partial charge in [0.15, 0.2) is 0 Å². The maximum atomic E-state index is 5.62. The van der Waals surface area contributed by atoms with Crippen molar-refractivity contribution in [1.82, 2.24) is 0 Å². The Labute approximate surface area is 91.1 Å². The Morgan fingerprint density at radius 2 is 1.71 bits per heavy atom. The van der Waals surface area contributed by atoms with Gasteiger partial charge in [0.05, 0.1) is 0 Å². The van der Waals surface area contributed by atoms with Gasteiger partial charge in [-0.2, -0.15) is 11.8 Å². The maximum Gasteiger partial charge on any atom is 0.0314 e. The van der Waals surface area contributed by atoms with Crippen LogP contribution in [0.15, 0.2) is 24.3 Å². The SMILES string of the molecule is CC(C)(C)SCCc1ccc(N)cc1. The smallest absolute Gasteiger partial charge is 0.0314 e. The second-order valence-electron chi connectivity index (χ2n) is 4.45. The minimum Gasteiger partial charge on any atom is -0.399 e. The van der Waals surface area contributed by atoms with Crippen LogP contribution < -0.4 is 5.73 Å². The van der Waals surface area contributed by atoms with Crippen molar-refractivity contribution in [3.05, 3.63) is 29.8 Å². The van der Waals surface area contributed by atoms with Crippen molar-refractivity contribution >= 4 is 17.4 Å². The Morgan fingerprint density at radius 3 is 2.21 bits per heavy atom. The van der Waals surface area contributed by atoms with Gasteiger partial charge in [-0.3, -0.25) is 0 Å². The largest absolute Gasteiger partial charge is 0.399 e. The molecule has 1 rings (SSSR count). The Bertz CT molecular complexity index is 271. The van der Waals surface area contributed by atoms with Crippen molar-refractivity contribution in [2.24, 2.45) is 0 Å². The number of nitrogens with two attached hydrogens (primary N) is 1. The monoisotopic (exact) mass is 209 g/mol.